The second-order valence-electron chi connectivity index (χ2n) is 3.98. The average Bonchev–Trinajstić information content (AvgIpc) is 2.98. The van der Waals surface area contributed by atoms with Crippen molar-refractivity contribution in [2.24, 2.45) is 0 Å². The van der Waals surface area contributed by atoms with E-state index in [-0.39, 0.29) is 11.7 Å². The SMILES string of the molecule is O=C(NCCCOCc1ccccc1)c1ncn[nH]1. The molecule has 0 spiro atoms. The van der Waals surface area contributed by atoms with Crippen LogP contribution in [0.1, 0.15) is 22.6 Å². The highest BCUT2D eigenvalue weighted by Crippen LogP contribution is 2.00. The minimum atomic E-state index is -0.249. The highest BCUT2D eigenvalue weighted by molar-refractivity contribution is 5.90. The van der Waals surface area contributed by atoms with Crippen LogP contribution >= 0.6 is 0 Å². The number of carbonyl (C=O) groups is 1. The van der Waals surface area contributed by atoms with Crippen molar-refractivity contribution in [3.8, 4) is 0 Å². The van der Waals surface area contributed by atoms with Crippen LogP contribution in [0.2, 0.25) is 0 Å². The summed E-state index contributed by atoms with van der Waals surface area (Å²) >= 11 is 0. The van der Waals surface area contributed by atoms with Crippen molar-refractivity contribution >= 4 is 5.91 Å². The quantitative estimate of drug-likeness (QED) is 0.732. The summed E-state index contributed by atoms with van der Waals surface area (Å²) in [6, 6.07) is 9.98. The molecule has 6 nitrogen and oxygen atoms in total. The third-order valence-electron chi connectivity index (χ3n) is 2.49. The third kappa shape index (κ3) is 4.51. The van der Waals surface area contributed by atoms with E-state index in [1.54, 1.807) is 0 Å². The predicted octanol–water partition coefficient (Wildman–Crippen LogP) is 1.14. The number of aromatic amines is 1. The van der Waals surface area contributed by atoms with Gasteiger partial charge in [0.2, 0.25) is 5.82 Å². The Balaban J connectivity index is 1.54. The van der Waals surface area contributed by atoms with Gasteiger partial charge >= 0.3 is 0 Å². The van der Waals surface area contributed by atoms with Crippen molar-refractivity contribution in [3.05, 3.63) is 48.0 Å². The largest absolute Gasteiger partial charge is 0.377 e. The Morgan fingerprint density at radius 2 is 2.16 bits per heavy atom. The average molecular weight is 260 g/mol. The molecular formula is C13H16N4O2. The van der Waals surface area contributed by atoms with Crippen LogP contribution in [0.4, 0.5) is 0 Å². The molecule has 0 saturated heterocycles. The number of rotatable bonds is 7. The number of benzene rings is 1. The molecule has 2 aromatic rings. The Morgan fingerprint density at radius 1 is 1.32 bits per heavy atom. The number of ether oxygens (including phenoxy) is 1. The first-order chi connectivity index (χ1) is 9.36. The van der Waals surface area contributed by atoms with Gasteiger partial charge in [-0.3, -0.25) is 9.89 Å². The molecule has 1 aromatic heterocycles. The molecule has 1 heterocycles. The molecule has 6 heteroatoms. The van der Waals surface area contributed by atoms with Gasteiger partial charge in [0.1, 0.15) is 6.33 Å². The maximum absolute atomic E-state index is 11.5. The van der Waals surface area contributed by atoms with Gasteiger partial charge in [-0.1, -0.05) is 30.3 Å². The summed E-state index contributed by atoms with van der Waals surface area (Å²) in [7, 11) is 0. The molecule has 1 amide bonds. The number of hydrogen-bond acceptors (Lipinski definition) is 4. The maximum atomic E-state index is 11.5. The van der Waals surface area contributed by atoms with Gasteiger partial charge in [-0.05, 0) is 12.0 Å². The maximum Gasteiger partial charge on any atom is 0.288 e. The van der Waals surface area contributed by atoms with E-state index in [4.69, 9.17) is 4.74 Å². The summed E-state index contributed by atoms with van der Waals surface area (Å²) in [4.78, 5) is 15.2. The summed E-state index contributed by atoms with van der Waals surface area (Å²) < 4.78 is 5.51. The minimum Gasteiger partial charge on any atom is -0.377 e. The lowest BCUT2D eigenvalue weighted by molar-refractivity contribution is 0.0925. The molecule has 0 unspecified atom stereocenters. The van der Waals surface area contributed by atoms with E-state index < -0.39 is 0 Å². The summed E-state index contributed by atoms with van der Waals surface area (Å²) in [6.07, 6.45) is 2.06. The Bertz CT molecular complexity index is 485. The van der Waals surface area contributed by atoms with E-state index in [9.17, 15) is 4.79 Å². The van der Waals surface area contributed by atoms with E-state index in [1.807, 2.05) is 30.3 Å². The van der Waals surface area contributed by atoms with E-state index >= 15 is 0 Å². The van der Waals surface area contributed by atoms with Crippen LogP contribution in [-0.4, -0.2) is 34.2 Å². The fraction of sp³-hybridized carbons (Fsp3) is 0.308. The summed E-state index contributed by atoms with van der Waals surface area (Å²) in [5.41, 5.74) is 1.15. The zero-order valence-corrected chi connectivity index (χ0v) is 10.5. The van der Waals surface area contributed by atoms with Crippen molar-refractivity contribution in [3.63, 3.8) is 0 Å². The summed E-state index contributed by atoms with van der Waals surface area (Å²) in [5.74, 6) is -0.0224. The van der Waals surface area contributed by atoms with Gasteiger partial charge in [0.05, 0.1) is 6.61 Å². The highest BCUT2D eigenvalue weighted by atomic mass is 16.5. The minimum absolute atomic E-state index is 0.227. The third-order valence-corrected chi connectivity index (χ3v) is 2.49. The number of hydrogen-bond donors (Lipinski definition) is 2. The van der Waals surface area contributed by atoms with E-state index in [2.05, 4.69) is 20.5 Å². The number of amides is 1. The number of nitrogens with zero attached hydrogens (tertiary/aromatic N) is 2. The van der Waals surface area contributed by atoms with Crippen LogP contribution in [0.3, 0.4) is 0 Å². The van der Waals surface area contributed by atoms with Crippen molar-refractivity contribution < 1.29 is 9.53 Å². The lowest BCUT2D eigenvalue weighted by Gasteiger charge is -2.05. The first-order valence-corrected chi connectivity index (χ1v) is 6.11. The van der Waals surface area contributed by atoms with E-state index in [1.165, 1.54) is 6.33 Å². The topological polar surface area (TPSA) is 79.9 Å². The second kappa shape index (κ2) is 7.27. The molecule has 2 N–H and O–H groups in total. The molecule has 100 valence electrons. The van der Waals surface area contributed by atoms with Gasteiger partial charge in [0.15, 0.2) is 0 Å². The normalized spacial score (nSPS) is 10.3. The van der Waals surface area contributed by atoms with Gasteiger partial charge in [0, 0.05) is 13.2 Å². The van der Waals surface area contributed by atoms with Crippen molar-refractivity contribution in [1.29, 1.82) is 0 Å². The summed E-state index contributed by atoms with van der Waals surface area (Å²) in [5, 5.41) is 8.85. The Labute approximate surface area is 111 Å². The smallest absolute Gasteiger partial charge is 0.288 e. The molecule has 1 aromatic carbocycles. The van der Waals surface area contributed by atoms with Crippen LogP contribution in [0, 0.1) is 0 Å². The lowest BCUT2D eigenvalue weighted by Crippen LogP contribution is -2.26. The zero-order chi connectivity index (χ0) is 13.3. The molecular weight excluding hydrogens is 244 g/mol. The standard InChI is InChI=1S/C13H16N4O2/c18-13(12-15-10-16-17-12)14-7-4-8-19-9-11-5-2-1-3-6-11/h1-3,5-6,10H,4,7-9H2,(H,14,18)(H,15,16,17). The summed E-state index contributed by atoms with van der Waals surface area (Å²) in [6.45, 7) is 1.75. The van der Waals surface area contributed by atoms with E-state index in [0.29, 0.717) is 19.8 Å². The van der Waals surface area contributed by atoms with Gasteiger partial charge in [-0.25, -0.2) is 4.98 Å². The molecule has 0 aliphatic heterocycles. The number of carbonyl (C=O) groups excluding carboxylic acids is 1. The fourth-order valence-electron chi connectivity index (χ4n) is 1.54. The second-order valence-corrected chi connectivity index (χ2v) is 3.98. The van der Waals surface area contributed by atoms with E-state index in [0.717, 1.165) is 12.0 Å². The molecule has 0 aliphatic carbocycles. The van der Waals surface area contributed by atoms with Gasteiger partial charge in [-0.15, -0.1) is 0 Å². The molecule has 0 aliphatic rings. The molecule has 0 fully saturated rings. The molecule has 0 atom stereocenters. The molecule has 2 rings (SSSR count). The van der Waals surface area contributed by atoms with Gasteiger partial charge < -0.3 is 10.1 Å². The van der Waals surface area contributed by atoms with Crippen LogP contribution in [0.25, 0.3) is 0 Å². The first-order valence-electron chi connectivity index (χ1n) is 6.11. The van der Waals surface area contributed by atoms with Crippen LogP contribution < -0.4 is 5.32 Å². The number of nitrogens with one attached hydrogen (secondary N) is 2. The number of H-pyrrole nitrogens is 1. The van der Waals surface area contributed by atoms with Gasteiger partial charge in [-0.2, -0.15) is 5.10 Å². The predicted molar refractivity (Wildman–Crippen MR) is 69.4 cm³/mol. The van der Waals surface area contributed by atoms with Crippen molar-refractivity contribution in [2.75, 3.05) is 13.2 Å². The molecule has 0 saturated carbocycles. The highest BCUT2D eigenvalue weighted by Gasteiger charge is 2.06. The molecule has 19 heavy (non-hydrogen) atoms. The number of aromatic nitrogens is 3. The van der Waals surface area contributed by atoms with Crippen molar-refractivity contribution in [2.45, 2.75) is 13.0 Å². The molecule has 0 bridgehead atoms. The lowest BCUT2D eigenvalue weighted by atomic mass is 10.2. The Hall–Kier alpha value is -2.21. The fourth-order valence-corrected chi connectivity index (χ4v) is 1.54. The van der Waals surface area contributed by atoms with Crippen molar-refractivity contribution in [1.82, 2.24) is 20.5 Å². The Morgan fingerprint density at radius 3 is 2.89 bits per heavy atom. The first kappa shape index (κ1) is 13.2. The monoisotopic (exact) mass is 260 g/mol. The van der Waals surface area contributed by atoms with Gasteiger partial charge in [0.25, 0.3) is 5.91 Å². The Kier molecular flexibility index (Phi) is 5.06. The van der Waals surface area contributed by atoms with Crippen LogP contribution in [0.15, 0.2) is 36.7 Å². The molecule has 0 radical (unpaired) electrons. The zero-order valence-electron chi connectivity index (χ0n) is 10.5. The van der Waals surface area contributed by atoms with Crippen LogP contribution in [-0.2, 0) is 11.3 Å². The van der Waals surface area contributed by atoms with Crippen LogP contribution in [0.5, 0.6) is 0 Å².